The maximum absolute atomic E-state index is 4.64. The lowest BCUT2D eigenvalue weighted by atomic mass is 10.0. The SMILES string of the molecule is CC(C)CNc1nn2c(-c3ccc(C(C)C)cc3)cnc2s1. The standard InChI is InChI=1S/C17H22N4S/c1-11(2)9-18-16-20-21-15(10-19-17(21)22-16)14-7-5-13(6-8-14)12(3)4/h5-8,10-12H,9H2,1-4H3,(H,18,20). The largest absolute Gasteiger partial charge is 0.360 e. The molecule has 0 unspecified atom stereocenters. The summed E-state index contributed by atoms with van der Waals surface area (Å²) in [7, 11) is 0. The van der Waals surface area contributed by atoms with Crippen molar-refractivity contribution in [3.8, 4) is 11.3 Å². The number of anilines is 1. The van der Waals surface area contributed by atoms with E-state index < -0.39 is 0 Å². The molecule has 0 bridgehead atoms. The van der Waals surface area contributed by atoms with Gasteiger partial charge in [-0.05, 0) is 17.4 Å². The van der Waals surface area contributed by atoms with Gasteiger partial charge in [-0.3, -0.25) is 0 Å². The van der Waals surface area contributed by atoms with Gasteiger partial charge in [-0.15, -0.1) is 5.10 Å². The first-order chi connectivity index (χ1) is 10.5. The molecule has 0 aliphatic heterocycles. The molecule has 0 fully saturated rings. The molecule has 0 saturated carbocycles. The molecule has 4 nitrogen and oxygen atoms in total. The third-order valence-corrected chi connectivity index (χ3v) is 4.50. The predicted octanol–water partition coefficient (Wildman–Crippen LogP) is 4.65. The first-order valence-electron chi connectivity index (χ1n) is 7.73. The number of nitrogens with zero attached hydrogens (tertiary/aromatic N) is 3. The van der Waals surface area contributed by atoms with Gasteiger partial charge in [0.15, 0.2) is 0 Å². The third-order valence-electron chi connectivity index (χ3n) is 3.62. The Hall–Kier alpha value is -1.88. The monoisotopic (exact) mass is 314 g/mol. The Bertz CT molecular complexity index is 753. The van der Waals surface area contributed by atoms with Crippen LogP contribution in [0.15, 0.2) is 30.5 Å². The second-order valence-corrected chi connectivity index (χ2v) is 7.25. The van der Waals surface area contributed by atoms with Crippen LogP contribution in [0.5, 0.6) is 0 Å². The van der Waals surface area contributed by atoms with Gasteiger partial charge < -0.3 is 5.32 Å². The lowest BCUT2D eigenvalue weighted by Crippen LogP contribution is -2.07. The zero-order valence-corrected chi connectivity index (χ0v) is 14.3. The predicted molar refractivity (Wildman–Crippen MR) is 93.7 cm³/mol. The molecule has 0 aliphatic rings. The van der Waals surface area contributed by atoms with E-state index in [4.69, 9.17) is 0 Å². The molecule has 0 spiro atoms. The van der Waals surface area contributed by atoms with Crippen molar-refractivity contribution in [1.29, 1.82) is 0 Å². The fourth-order valence-corrected chi connectivity index (χ4v) is 3.07. The topological polar surface area (TPSA) is 42.2 Å². The Morgan fingerprint density at radius 3 is 2.50 bits per heavy atom. The molecular weight excluding hydrogens is 292 g/mol. The number of rotatable bonds is 5. The summed E-state index contributed by atoms with van der Waals surface area (Å²) in [5, 5.41) is 8.94. The van der Waals surface area contributed by atoms with E-state index in [1.165, 1.54) is 5.56 Å². The zero-order chi connectivity index (χ0) is 15.7. The summed E-state index contributed by atoms with van der Waals surface area (Å²) in [6, 6.07) is 8.67. The van der Waals surface area contributed by atoms with E-state index in [1.54, 1.807) is 11.3 Å². The van der Waals surface area contributed by atoms with Crippen LogP contribution in [0.4, 0.5) is 5.13 Å². The smallest absolute Gasteiger partial charge is 0.214 e. The van der Waals surface area contributed by atoms with E-state index in [-0.39, 0.29) is 0 Å². The van der Waals surface area contributed by atoms with E-state index in [1.807, 2.05) is 10.7 Å². The van der Waals surface area contributed by atoms with Crippen LogP contribution in [0.1, 0.15) is 39.2 Å². The zero-order valence-electron chi connectivity index (χ0n) is 13.5. The van der Waals surface area contributed by atoms with Crippen LogP contribution in [0.3, 0.4) is 0 Å². The summed E-state index contributed by atoms with van der Waals surface area (Å²) in [5.41, 5.74) is 3.54. The Balaban J connectivity index is 1.90. The molecule has 0 atom stereocenters. The maximum Gasteiger partial charge on any atom is 0.214 e. The Labute approximate surface area is 135 Å². The molecule has 1 N–H and O–H groups in total. The minimum absolute atomic E-state index is 0.547. The molecule has 3 aromatic rings. The molecule has 3 rings (SSSR count). The second kappa shape index (κ2) is 6.08. The Kier molecular flexibility index (Phi) is 4.16. The summed E-state index contributed by atoms with van der Waals surface area (Å²) in [6.07, 6.45) is 1.90. The van der Waals surface area contributed by atoms with E-state index in [2.05, 4.69) is 67.4 Å². The van der Waals surface area contributed by atoms with Crippen molar-refractivity contribution in [3.63, 3.8) is 0 Å². The molecule has 5 heteroatoms. The first-order valence-corrected chi connectivity index (χ1v) is 8.55. The van der Waals surface area contributed by atoms with Crippen LogP contribution >= 0.6 is 11.3 Å². The molecule has 116 valence electrons. The Morgan fingerprint density at radius 2 is 1.86 bits per heavy atom. The lowest BCUT2D eigenvalue weighted by Gasteiger charge is -2.06. The number of hydrogen-bond donors (Lipinski definition) is 1. The summed E-state index contributed by atoms with van der Waals surface area (Å²) in [6.45, 7) is 9.72. The van der Waals surface area contributed by atoms with E-state index in [9.17, 15) is 0 Å². The van der Waals surface area contributed by atoms with Crippen LogP contribution in [-0.2, 0) is 0 Å². The normalized spacial score (nSPS) is 11.7. The highest BCUT2D eigenvalue weighted by atomic mass is 32.1. The van der Waals surface area contributed by atoms with Gasteiger partial charge in [-0.2, -0.15) is 0 Å². The molecule has 0 saturated heterocycles. The second-order valence-electron chi connectivity index (χ2n) is 6.30. The van der Waals surface area contributed by atoms with Gasteiger partial charge in [-0.25, -0.2) is 9.50 Å². The number of fused-ring (bicyclic) bond motifs is 1. The van der Waals surface area contributed by atoms with Gasteiger partial charge in [0.1, 0.15) is 0 Å². The quantitative estimate of drug-likeness (QED) is 0.745. The Morgan fingerprint density at radius 1 is 1.14 bits per heavy atom. The van der Waals surface area contributed by atoms with Crippen molar-refractivity contribution in [2.45, 2.75) is 33.6 Å². The highest BCUT2D eigenvalue weighted by Crippen LogP contribution is 2.27. The number of imidazole rings is 1. The summed E-state index contributed by atoms with van der Waals surface area (Å²) >= 11 is 1.59. The molecule has 0 aliphatic carbocycles. The maximum atomic E-state index is 4.64. The van der Waals surface area contributed by atoms with Gasteiger partial charge in [0.25, 0.3) is 0 Å². The summed E-state index contributed by atoms with van der Waals surface area (Å²) in [4.78, 5) is 5.40. The van der Waals surface area contributed by atoms with Gasteiger partial charge in [0, 0.05) is 12.1 Å². The average Bonchev–Trinajstić information content (AvgIpc) is 3.05. The van der Waals surface area contributed by atoms with Crippen LogP contribution in [0, 0.1) is 5.92 Å². The van der Waals surface area contributed by atoms with Gasteiger partial charge >= 0.3 is 0 Å². The minimum atomic E-state index is 0.547. The molecule has 0 amide bonds. The highest BCUT2D eigenvalue weighted by molar-refractivity contribution is 7.20. The first kappa shape index (κ1) is 15.0. The van der Waals surface area contributed by atoms with Crippen molar-refractivity contribution in [1.82, 2.24) is 14.6 Å². The van der Waals surface area contributed by atoms with Crippen LogP contribution in [0.2, 0.25) is 0 Å². The fourth-order valence-electron chi connectivity index (χ4n) is 2.29. The summed E-state index contributed by atoms with van der Waals surface area (Å²) < 4.78 is 1.93. The van der Waals surface area contributed by atoms with E-state index in [0.717, 1.165) is 27.9 Å². The van der Waals surface area contributed by atoms with Gasteiger partial charge in [0.2, 0.25) is 10.1 Å². The number of hydrogen-bond acceptors (Lipinski definition) is 4. The molecule has 22 heavy (non-hydrogen) atoms. The number of aromatic nitrogens is 3. The number of nitrogens with one attached hydrogen (secondary N) is 1. The molecule has 2 heterocycles. The number of benzene rings is 1. The highest BCUT2D eigenvalue weighted by Gasteiger charge is 2.12. The van der Waals surface area contributed by atoms with E-state index in [0.29, 0.717) is 11.8 Å². The molecule has 1 aromatic carbocycles. The molecule has 2 aromatic heterocycles. The lowest BCUT2D eigenvalue weighted by molar-refractivity contribution is 0.687. The third kappa shape index (κ3) is 2.99. The van der Waals surface area contributed by atoms with Crippen molar-refractivity contribution < 1.29 is 0 Å². The van der Waals surface area contributed by atoms with Crippen LogP contribution in [0.25, 0.3) is 16.2 Å². The van der Waals surface area contributed by atoms with E-state index >= 15 is 0 Å². The van der Waals surface area contributed by atoms with Crippen molar-refractivity contribution in [2.75, 3.05) is 11.9 Å². The fraction of sp³-hybridized carbons (Fsp3) is 0.412. The molecular formula is C17H22N4S. The average molecular weight is 314 g/mol. The van der Waals surface area contributed by atoms with Crippen LogP contribution < -0.4 is 5.32 Å². The van der Waals surface area contributed by atoms with Crippen molar-refractivity contribution in [3.05, 3.63) is 36.0 Å². The van der Waals surface area contributed by atoms with Crippen molar-refractivity contribution >= 4 is 21.4 Å². The minimum Gasteiger partial charge on any atom is -0.360 e. The van der Waals surface area contributed by atoms with Gasteiger partial charge in [0.05, 0.1) is 11.9 Å². The molecule has 0 radical (unpaired) electrons. The van der Waals surface area contributed by atoms with Crippen molar-refractivity contribution in [2.24, 2.45) is 5.92 Å². The summed E-state index contributed by atoms with van der Waals surface area (Å²) in [5.74, 6) is 1.14. The van der Waals surface area contributed by atoms with Gasteiger partial charge in [-0.1, -0.05) is 63.3 Å². The van der Waals surface area contributed by atoms with Crippen LogP contribution in [-0.4, -0.2) is 21.1 Å².